The summed E-state index contributed by atoms with van der Waals surface area (Å²) in [5.41, 5.74) is 5.82. The maximum Gasteiger partial charge on any atom is 0.330 e. The lowest BCUT2D eigenvalue weighted by atomic mass is 10.2. The molecule has 4 aromatic carbocycles. The molecule has 0 atom stereocenters. The summed E-state index contributed by atoms with van der Waals surface area (Å²) >= 11 is 0. The van der Waals surface area contributed by atoms with Gasteiger partial charge in [-0.2, -0.15) is 25.6 Å². The van der Waals surface area contributed by atoms with E-state index in [0.717, 1.165) is 47.6 Å². The third kappa shape index (κ3) is 13.6. The normalized spacial score (nSPS) is 11.2. The van der Waals surface area contributed by atoms with Gasteiger partial charge in [0.1, 0.15) is 22.9 Å². The van der Waals surface area contributed by atoms with Crippen LogP contribution < -0.4 is 14.2 Å². The second-order valence-electron chi connectivity index (χ2n) is 11.7. The number of carbonyl (C=O) groups excluding carboxylic acids is 2. The van der Waals surface area contributed by atoms with Crippen molar-refractivity contribution in [2.24, 2.45) is 30.7 Å². The highest BCUT2D eigenvalue weighted by Crippen LogP contribution is 2.34. The Labute approximate surface area is 315 Å². The first-order valence-electron chi connectivity index (χ1n) is 17.4. The molecule has 0 spiro atoms. The maximum atomic E-state index is 11.1. The molecule has 0 aliphatic rings. The average Bonchev–Trinajstić information content (AvgIpc) is 3.19. The minimum atomic E-state index is -0.430. The summed E-state index contributed by atoms with van der Waals surface area (Å²) < 4.78 is 27.0. The van der Waals surface area contributed by atoms with E-state index in [2.05, 4.69) is 43.8 Å². The molecule has 4 rings (SSSR count). The van der Waals surface area contributed by atoms with Crippen LogP contribution >= 0.6 is 0 Å². The Hall–Kier alpha value is -6.50. The van der Waals surface area contributed by atoms with Crippen molar-refractivity contribution < 1.29 is 33.3 Å². The standard InChI is InChI=1S/C41H44N6O7/c1-6-40(48)53-24-10-8-22-51-34-17-20-37(30(4)27-34)46-44-33-16-19-36(29(3)26-33)45-42-31-12-14-32(15-13-31)43-47-38-21-18-35(28-39(38)50-5)52-23-9-11-25-54-41(49)7-2/h6-7,12-21,26-28H,1-2,8-11,22-25H2,3-5H3. The number of benzene rings is 4. The molecule has 0 aliphatic carbocycles. The molecule has 4 aromatic rings. The molecule has 13 heteroatoms. The summed E-state index contributed by atoms with van der Waals surface area (Å²) in [5.74, 6) is 1.05. The molecular weight excluding hydrogens is 688 g/mol. The summed E-state index contributed by atoms with van der Waals surface area (Å²) in [6.07, 6.45) is 5.17. The lowest BCUT2D eigenvalue weighted by molar-refractivity contribution is -0.138. The number of rotatable bonds is 21. The second kappa shape index (κ2) is 21.8. The Bertz CT molecular complexity index is 1980. The van der Waals surface area contributed by atoms with Gasteiger partial charge >= 0.3 is 11.9 Å². The van der Waals surface area contributed by atoms with Gasteiger partial charge in [0, 0.05) is 18.2 Å². The van der Waals surface area contributed by atoms with Gasteiger partial charge in [-0.15, -0.1) is 5.11 Å². The first kappa shape index (κ1) is 40.3. The maximum absolute atomic E-state index is 11.1. The van der Waals surface area contributed by atoms with Crippen LogP contribution in [-0.2, 0) is 19.1 Å². The van der Waals surface area contributed by atoms with Crippen LogP contribution in [0.4, 0.5) is 34.1 Å². The van der Waals surface area contributed by atoms with Crippen LogP contribution in [0.2, 0.25) is 0 Å². The SMILES string of the molecule is C=CC(=O)OCCCCOc1ccc(N=Nc2ccc(N=Nc3ccc(N=Nc4ccc(OCCCCOC(=O)C=C)cc4OC)cc3)c(C)c2)c(C)c1. The van der Waals surface area contributed by atoms with Gasteiger partial charge in [-0.1, -0.05) is 13.2 Å². The van der Waals surface area contributed by atoms with Crippen LogP contribution in [0.15, 0.2) is 135 Å². The zero-order chi connectivity index (χ0) is 38.5. The molecule has 0 unspecified atom stereocenters. The Morgan fingerprint density at radius 1 is 0.537 bits per heavy atom. The first-order valence-corrected chi connectivity index (χ1v) is 17.4. The Balaban J connectivity index is 1.25. The predicted molar refractivity (Wildman–Crippen MR) is 206 cm³/mol. The first-order chi connectivity index (χ1) is 26.3. The van der Waals surface area contributed by atoms with E-state index in [0.29, 0.717) is 79.2 Å². The van der Waals surface area contributed by atoms with Crippen molar-refractivity contribution in [3.8, 4) is 17.2 Å². The molecule has 0 heterocycles. The number of methoxy groups -OCH3 is 1. The van der Waals surface area contributed by atoms with Crippen molar-refractivity contribution in [1.82, 2.24) is 0 Å². The van der Waals surface area contributed by atoms with Gasteiger partial charge in [0.05, 0.1) is 62.0 Å². The van der Waals surface area contributed by atoms with E-state index in [-0.39, 0.29) is 0 Å². The van der Waals surface area contributed by atoms with Gasteiger partial charge in [0.25, 0.3) is 0 Å². The number of unbranched alkanes of at least 4 members (excludes halogenated alkanes) is 2. The Morgan fingerprint density at radius 2 is 0.963 bits per heavy atom. The summed E-state index contributed by atoms with van der Waals surface area (Å²) in [6, 6.07) is 23.8. The van der Waals surface area contributed by atoms with Gasteiger partial charge in [-0.25, -0.2) is 9.59 Å². The molecule has 0 aromatic heterocycles. The fraction of sp³-hybridized carbons (Fsp3) is 0.268. The highest BCUT2D eigenvalue weighted by Gasteiger charge is 2.07. The molecule has 0 radical (unpaired) electrons. The van der Waals surface area contributed by atoms with E-state index < -0.39 is 11.9 Å². The molecule has 0 saturated carbocycles. The number of hydrogen-bond acceptors (Lipinski definition) is 13. The molecule has 280 valence electrons. The van der Waals surface area contributed by atoms with Crippen LogP contribution in [0.5, 0.6) is 17.2 Å². The molecule has 0 saturated heterocycles. The van der Waals surface area contributed by atoms with Crippen LogP contribution in [0.25, 0.3) is 0 Å². The number of aryl methyl sites for hydroxylation is 2. The van der Waals surface area contributed by atoms with Crippen molar-refractivity contribution >= 4 is 46.1 Å². The largest absolute Gasteiger partial charge is 0.494 e. The van der Waals surface area contributed by atoms with Gasteiger partial charge in [-0.05, 0) is 123 Å². The summed E-state index contributed by atoms with van der Waals surface area (Å²) in [6.45, 7) is 12.3. The number of carbonyl (C=O) groups is 2. The smallest absolute Gasteiger partial charge is 0.330 e. The predicted octanol–water partition coefficient (Wildman–Crippen LogP) is 11.3. The van der Waals surface area contributed by atoms with Crippen molar-refractivity contribution in [1.29, 1.82) is 0 Å². The van der Waals surface area contributed by atoms with Gasteiger partial charge < -0.3 is 23.7 Å². The van der Waals surface area contributed by atoms with Crippen LogP contribution in [-0.4, -0.2) is 45.5 Å². The quantitative estimate of drug-likeness (QED) is 0.0357. The third-order valence-electron chi connectivity index (χ3n) is 7.61. The van der Waals surface area contributed by atoms with Gasteiger partial charge in [0.2, 0.25) is 0 Å². The summed E-state index contributed by atoms with van der Waals surface area (Å²) in [7, 11) is 1.56. The third-order valence-corrected chi connectivity index (χ3v) is 7.61. The topological polar surface area (TPSA) is 154 Å². The number of nitrogens with zero attached hydrogens (tertiary/aromatic N) is 6. The van der Waals surface area contributed by atoms with Crippen LogP contribution in [0, 0.1) is 13.8 Å². The summed E-state index contributed by atoms with van der Waals surface area (Å²) in [5, 5.41) is 26.3. The average molecular weight is 733 g/mol. The van der Waals surface area contributed by atoms with Gasteiger partial charge in [-0.3, -0.25) is 0 Å². The monoisotopic (exact) mass is 732 g/mol. The number of hydrogen-bond donors (Lipinski definition) is 0. The molecule has 0 fully saturated rings. The highest BCUT2D eigenvalue weighted by atomic mass is 16.5. The number of esters is 2. The van der Waals surface area contributed by atoms with E-state index in [1.807, 2.05) is 62.4 Å². The molecule has 54 heavy (non-hydrogen) atoms. The van der Waals surface area contributed by atoms with Crippen LogP contribution in [0.1, 0.15) is 36.8 Å². The van der Waals surface area contributed by atoms with E-state index in [1.165, 1.54) is 0 Å². The Morgan fingerprint density at radius 3 is 1.46 bits per heavy atom. The fourth-order valence-corrected chi connectivity index (χ4v) is 4.65. The van der Waals surface area contributed by atoms with E-state index in [9.17, 15) is 9.59 Å². The molecule has 0 amide bonds. The van der Waals surface area contributed by atoms with E-state index in [1.54, 1.807) is 37.4 Å². The molecule has 0 aliphatic heterocycles. The minimum Gasteiger partial charge on any atom is -0.494 e. The van der Waals surface area contributed by atoms with Crippen molar-refractivity contribution in [3.63, 3.8) is 0 Å². The van der Waals surface area contributed by atoms with Gasteiger partial charge in [0.15, 0.2) is 0 Å². The fourth-order valence-electron chi connectivity index (χ4n) is 4.65. The summed E-state index contributed by atoms with van der Waals surface area (Å²) in [4.78, 5) is 22.2. The highest BCUT2D eigenvalue weighted by molar-refractivity contribution is 5.81. The Kier molecular flexibility index (Phi) is 16.2. The molecule has 13 nitrogen and oxygen atoms in total. The van der Waals surface area contributed by atoms with Crippen molar-refractivity contribution in [3.05, 3.63) is 115 Å². The van der Waals surface area contributed by atoms with Crippen molar-refractivity contribution in [2.45, 2.75) is 39.5 Å². The molecule has 0 N–H and O–H groups in total. The molecule has 0 bridgehead atoms. The zero-order valence-corrected chi connectivity index (χ0v) is 30.8. The van der Waals surface area contributed by atoms with E-state index >= 15 is 0 Å². The lowest BCUT2D eigenvalue weighted by Gasteiger charge is -2.09. The zero-order valence-electron chi connectivity index (χ0n) is 30.8. The van der Waals surface area contributed by atoms with Crippen molar-refractivity contribution in [2.75, 3.05) is 33.5 Å². The second-order valence-corrected chi connectivity index (χ2v) is 11.7. The number of azo groups is 3. The minimum absolute atomic E-state index is 0.321. The van der Waals surface area contributed by atoms with Crippen LogP contribution in [0.3, 0.4) is 0 Å². The lowest BCUT2D eigenvalue weighted by Crippen LogP contribution is -2.04. The molecular formula is C41H44N6O7. The van der Waals surface area contributed by atoms with E-state index in [4.69, 9.17) is 23.7 Å². The number of ether oxygens (including phenoxy) is 5.